The van der Waals surface area contributed by atoms with Crippen LogP contribution in [0.4, 0.5) is 5.69 Å². The number of anilines is 1. The number of unbranched alkanes of at least 4 members (excludes halogenated alkanes) is 1. The number of fused-ring (bicyclic) bond motifs is 1. The zero-order valence-corrected chi connectivity index (χ0v) is 11.9. The number of amides is 1. The smallest absolute Gasteiger partial charge is 0.331 e. The number of esters is 1. The van der Waals surface area contributed by atoms with Gasteiger partial charge in [-0.15, -0.1) is 0 Å². The van der Waals surface area contributed by atoms with Crippen LogP contribution in [0.25, 0.3) is 5.57 Å². The average molecular weight is 273 g/mol. The van der Waals surface area contributed by atoms with Crippen LogP contribution >= 0.6 is 0 Å². The standard InChI is InChI=1S/C16H19NO3/c1-3-5-10-17-14-9-7-6-8-12(14)13(16(17)19)11-15(18)20-4-2/h6-9,11H,3-5,10H2,1-2H3. The van der Waals surface area contributed by atoms with E-state index in [1.165, 1.54) is 6.08 Å². The molecule has 0 aliphatic carbocycles. The maximum absolute atomic E-state index is 12.5. The van der Waals surface area contributed by atoms with E-state index in [1.807, 2.05) is 24.3 Å². The molecule has 1 aliphatic rings. The van der Waals surface area contributed by atoms with Gasteiger partial charge in [0.1, 0.15) is 0 Å². The second-order valence-electron chi connectivity index (χ2n) is 4.64. The Labute approximate surface area is 119 Å². The molecule has 0 atom stereocenters. The molecule has 0 fully saturated rings. The van der Waals surface area contributed by atoms with Crippen LogP contribution in [0.2, 0.25) is 0 Å². The third-order valence-electron chi connectivity index (χ3n) is 3.24. The van der Waals surface area contributed by atoms with Gasteiger partial charge in [-0.25, -0.2) is 4.79 Å². The van der Waals surface area contributed by atoms with Crippen LogP contribution in [0.1, 0.15) is 32.3 Å². The van der Waals surface area contributed by atoms with Gasteiger partial charge in [0.25, 0.3) is 5.91 Å². The molecule has 0 unspecified atom stereocenters. The fraction of sp³-hybridized carbons (Fsp3) is 0.375. The van der Waals surface area contributed by atoms with Gasteiger partial charge in [0.2, 0.25) is 0 Å². The Morgan fingerprint density at radius 3 is 2.75 bits per heavy atom. The van der Waals surface area contributed by atoms with E-state index >= 15 is 0 Å². The Hall–Kier alpha value is -2.10. The summed E-state index contributed by atoms with van der Waals surface area (Å²) in [5.41, 5.74) is 2.11. The quantitative estimate of drug-likeness (QED) is 0.612. The minimum absolute atomic E-state index is 0.118. The normalized spacial score (nSPS) is 15.6. The summed E-state index contributed by atoms with van der Waals surface area (Å²) in [7, 11) is 0. The van der Waals surface area contributed by atoms with Crippen LogP contribution in [-0.4, -0.2) is 25.0 Å². The third-order valence-corrected chi connectivity index (χ3v) is 3.24. The van der Waals surface area contributed by atoms with E-state index in [2.05, 4.69) is 6.92 Å². The molecular formula is C16H19NO3. The molecule has 1 amide bonds. The lowest BCUT2D eigenvalue weighted by Crippen LogP contribution is -2.27. The van der Waals surface area contributed by atoms with Crippen molar-refractivity contribution in [2.45, 2.75) is 26.7 Å². The van der Waals surface area contributed by atoms with Crippen LogP contribution < -0.4 is 4.90 Å². The number of hydrogen-bond acceptors (Lipinski definition) is 3. The Balaban J connectivity index is 2.35. The van der Waals surface area contributed by atoms with Gasteiger partial charge in [0.05, 0.1) is 17.9 Å². The number of carbonyl (C=O) groups excluding carboxylic acids is 2. The molecule has 0 bridgehead atoms. The van der Waals surface area contributed by atoms with Gasteiger partial charge < -0.3 is 9.64 Å². The van der Waals surface area contributed by atoms with Crippen molar-refractivity contribution in [1.82, 2.24) is 0 Å². The van der Waals surface area contributed by atoms with Crippen LogP contribution in [0.15, 0.2) is 30.3 Å². The molecular weight excluding hydrogens is 254 g/mol. The highest BCUT2D eigenvalue weighted by molar-refractivity contribution is 6.34. The number of nitrogens with zero attached hydrogens (tertiary/aromatic N) is 1. The van der Waals surface area contributed by atoms with E-state index in [1.54, 1.807) is 11.8 Å². The first kappa shape index (κ1) is 14.3. The Morgan fingerprint density at radius 1 is 1.30 bits per heavy atom. The van der Waals surface area contributed by atoms with Crippen LogP contribution in [0.5, 0.6) is 0 Å². The molecule has 1 aliphatic heterocycles. The fourth-order valence-electron chi connectivity index (χ4n) is 2.29. The fourth-order valence-corrected chi connectivity index (χ4v) is 2.29. The maximum atomic E-state index is 12.5. The minimum atomic E-state index is -0.469. The van der Waals surface area contributed by atoms with E-state index < -0.39 is 5.97 Å². The molecule has 20 heavy (non-hydrogen) atoms. The summed E-state index contributed by atoms with van der Waals surface area (Å²) in [5.74, 6) is -0.587. The molecule has 0 N–H and O–H groups in total. The number of carbonyl (C=O) groups is 2. The van der Waals surface area contributed by atoms with E-state index in [9.17, 15) is 9.59 Å². The maximum Gasteiger partial charge on any atom is 0.331 e. The minimum Gasteiger partial charge on any atom is -0.463 e. The van der Waals surface area contributed by atoms with Crippen molar-refractivity contribution in [2.24, 2.45) is 0 Å². The van der Waals surface area contributed by atoms with Crippen LogP contribution in [0, 0.1) is 0 Å². The summed E-state index contributed by atoms with van der Waals surface area (Å²) in [4.78, 5) is 25.8. The van der Waals surface area contributed by atoms with Crippen molar-refractivity contribution in [3.63, 3.8) is 0 Å². The van der Waals surface area contributed by atoms with Gasteiger partial charge in [0.15, 0.2) is 0 Å². The molecule has 106 valence electrons. The monoisotopic (exact) mass is 273 g/mol. The highest BCUT2D eigenvalue weighted by Gasteiger charge is 2.32. The zero-order valence-electron chi connectivity index (χ0n) is 11.9. The first-order valence-corrected chi connectivity index (χ1v) is 6.98. The number of rotatable bonds is 5. The Morgan fingerprint density at radius 2 is 2.05 bits per heavy atom. The van der Waals surface area contributed by atoms with Crippen LogP contribution in [-0.2, 0) is 14.3 Å². The SMILES string of the molecule is CCCCN1C(=O)C(=CC(=O)OCC)c2ccccc21. The van der Waals surface area contributed by atoms with Crippen LogP contribution in [0.3, 0.4) is 0 Å². The first-order valence-electron chi connectivity index (χ1n) is 6.98. The van der Waals surface area contributed by atoms with Crippen molar-refractivity contribution >= 4 is 23.1 Å². The summed E-state index contributed by atoms with van der Waals surface area (Å²) < 4.78 is 4.90. The Kier molecular flexibility index (Phi) is 4.56. The molecule has 0 saturated carbocycles. The number of ether oxygens (including phenoxy) is 1. The summed E-state index contributed by atoms with van der Waals surface area (Å²) in [6, 6.07) is 7.55. The average Bonchev–Trinajstić information content (AvgIpc) is 2.70. The molecule has 2 rings (SSSR count). The summed E-state index contributed by atoms with van der Waals surface area (Å²) in [5, 5.41) is 0. The lowest BCUT2D eigenvalue weighted by atomic mass is 10.1. The largest absolute Gasteiger partial charge is 0.463 e. The van der Waals surface area contributed by atoms with Crippen molar-refractivity contribution < 1.29 is 14.3 Å². The lowest BCUT2D eigenvalue weighted by Gasteiger charge is -2.16. The third kappa shape index (κ3) is 2.74. The van der Waals surface area contributed by atoms with E-state index in [0.717, 1.165) is 24.1 Å². The zero-order chi connectivity index (χ0) is 14.5. The molecule has 4 heteroatoms. The second kappa shape index (κ2) is 6.37. The molecule has 1 aromatic carbocycles. The van der Waals surface area contributed by atoms with Crippen molar-refractivity contribution in [3.8, 4) is 0 Å². The highest BCUT2D eigenvalue weighted by Crippen LogP contribution is 2.36. The number of para-hydroxylation sites is 1. The molecule has 0 aromatic heterocycles. The van der Waals surface area contributed by atoms with E-state index in [4.69, 9.17) is 4.74 Å². The predicted molar refractivity (Wildman–Crippen MR) is 78.3 cm³/mol. The van der Waals surface area contributed by atoms with Gasteiger partial charge in [-0.3, -0.25) is 4.79 Å². The second-order valence-corrected chi connectivity index (χ2v) is 4.64. The Bertz CT molecular complexity index is 548. The molecule has 4 nitrogen and oxygen atoms in total. The molecule has 1 aromatic rings. The molecule has 0 saturated heterocycles. The van der Waals surface area contributed by atoms with Gasteiger partial charge in [0, 0.05) is 18.2 Å². The van der Waals surface area contributed by atoms with Gasteiger partial charge in [-0.1, -0.05) is 31.5 Å². The number of hydrogen-bond donors (Lipinski definition) is 0. The van der Waals surface area contributed by atoms with Crippen molar-refractivity contribution in [2.75, 3.05) is 18.1 Å². The van der Waals surface area contributed by atoms with E-state index in [0.29, 0.717) is 18.7 Å². The summed E-state index contributed by atoms with van der Waals surface area (Å²) in [6.07, 6.45) is 3.26. The van der Waals surface area contributed by atoms with Crippen molar-refractivity contribution in [3.05, 3.63) is 35.9 Å². The molecule has 1 heterocycles. The molecule has 0 radical (unpaired) electrons. The summed E-state index contributed by atoms with van der Waals surface area (Å²) in [6.45, 7) is 4.81. The summed E-state index contributed by atoms with van der Waals surface area (Å²) >= 11 is 0. The first-order chi connectivity index (χ1) is 9.69. The topological polar surface area (TPSA) is 46.6 Å². The van der Waals surface area contributed by atoms with Gasteiger partial charge in [-0.2, -0.15) is 0 Å². The molecule has 0 spiro atoms. The number of benzene rings is 1. The van der Waals surface area contributed by atoms with Crippen molar-refractivity contribution in [1.29, 1.82) is 0 Å². The van der Waals surface area contributed by atoms with Gasteiger partial charge >= 0.3 is 5.97 Å². The van der Waals surface area contributed by atoms with E-state index in [-0.39, 0.29) is 5.91 Å². The highest BCUT2D eigenvalue weighted by atomic mass is 16.5. The van der Waals surface area contributed by atoms with Gasteiger partial charge in [-0.05, 0) is 19.4 Å². The predicted octanol–water partition coefficient (Wildman–Crippen LogP) is 2.78. The lowest BCUT2D eigenvalue weighted by molar-refractivity contribution is -0.137.